The van der Waals surface area contributed by atoms with E-state index in [1.807, 2.05) is 0 Å². The van der Waals surface area contributed by atoms with Gasteiger partial charge in [0.1, 0.15) is 23.0 Å². The summed E-state index contributed by atoms with van der Waals surface area (Å²) in [6, 6.07) is 56.1. The van der Waals surface area contributed by atoms with Crippen LogP contribution >= 0.6 is 0 Å². The van der Waals surface area contributed by atoms with Gasteiger partial charge < -0.3 is 18.9 Å². The molecule has 9 aromatic carbocycles. The molecule has 0 atom stereocenters. The minimum absolute atomic E-state index is 0.152. The van der Waals surface area contributed by atoms with Crippen LogP contribution in [-0.2, 0) is 83.9 Å². The van der Waals surface area contributed by atoms with E-state index < -0.39 is 0 Å². The molecule has 4 aliphatic heterocycles. The maximum Gasteiger partial charge on any atom is 0.173 e. The topological polar surface area (TPSA) is 36.9 Å². The van der Waals surface area contributed by atoms with Gasteiger partial charge in [-0.1, -0.05) is 258 Å². The van der Waals surface area contributed by atoms with Crippen LogP contribution in [0.5, 0.6) is 46.0 Å². The maximum absolute atomic E-state index is 7.88. The van der Waals surface area contributed by atoms with Gasteiger partial charge in [-0.05, 0) is 168 Å². The molecule has 462 valence electrons. The first-order valence-corrected chi connectivity index (χ1v) is 33.2. The highest BCUT2D eigenvalue weighted by atomic mass is 16.5. The van der Waals surface area contributed by atoms with E-state index in [2.05, 4.69) is 270 Å². The zero-order valence-corrected chi connectivity index (χ0v) is 57.1. The summed E-state index contributed by atoms with van der Waals surface area (Å²) in [6.45, 7) is 42.4. The van der Waals surface area contributed by atoms with Crippen LogP contribution in [0, 0.1) is 0 Å². The molecule has 4 aliphatic rings. The van der Waals surface area contributed by atoms with Crippen molar-refractivity contribution in [3.05, 3.63) is 268 Å². The molecule has 0 aromatic heterocycles. The van der Waals surface area contributed by atoms with E-state index in [4.69, 9.17) is 18.9 Å². The fourth-order valence-electron chi connectivity index (χ4n) is 14.0. The van der Waals surface area contributed by atoms with Crippen LogP contribution in [0.4, 0.5) is 0 Å². The summed E-state index contributed by atoms with van der Waals surface area (Å²) in [7, 11) is 0. The predicted octanol–water partition coefficient (Wildman–Crippen LogP) is 22.6. The van der Waals surface area contributed by atoms with Crippen molar-refractivity contribution in [2.45, 2.75) is 208 Å². The van der Waals surface area contributed by atoms with Crippen LogP contribution in [0.2, 0.25) is 0 Å². The molecule has 4 heteroatoms. The first kappa shape index (κ1) is 61.1. The fourth-order valence-corrected chi connectivity index (χ4v) is 14.0. The van der Waals surface area contributed by atoms with Gasteiger partial charge in [0.15, 0.2) is 23.0 Å². The van der Waals surface area contributed by atoms with Crippen LogP contribution in [-0.4, -0.2) is 0 Å². The van der Waals surface area contributed by atoms with Gasteiger partial charge in [0, 0.05) is 50.7 Å². The Morgan fingerprint density at radius 1 is 0.233 bits per heavy atom. The van der Waals surface area contributed by atoms with Gasteiger partial charge in [-0.3, -0.25) is 0 Å². The van der Waals surface area contributed by atoms with Crippen molar-refractivity contribution in [1.29, 1.82) is 0 Å². The number of rotatable bonds is 4. The lowest BCUT2D eigenvalue weighted by Gasteiger charge is -2.28. The molecule has 0 amide bonds. The standard InChI is InChI=1S/C86H94O4/c1-81(2,3)65-37-53-31-57-41-67(83(7,8)9)45-61-35-63-47-69(85(13,14)15)43-59-33-55-39-66(82(4,5)6)40-56(72(55)30-52-27-23-20-24-28-52)34-60-44-70(86(16,17)18)48-64-36-62-46-68(84(10,11)12)42-58(32-54(38-65)71(53)29-51-25-21-19-22-26-51)78(62)88-74-49-73(87-77(57)61)75(89-79(59)63)50-76(74)90-80(60)64/h19-28,37-50H,29-36H2,1-18H3. The third-order valence-corrected chi connectivity index (χ3v) is 19.6. The van der Waals surface area contributed by atoms with Gasteiger partial charge >= 0.3 is 0 Å². The molecule has 0 unspecified atom stereocenters. The van der Waals surface area contributed by atoms with Crippen molar-refractivity contribution in [1.82, 2.24) is 0 Å². The van der Waals surface area contributed by atoms with Gasteiger partial charge in [0.25, 0.3) is 0 Å². The Morgan fingerprint density at radius 2 is 0.411 bits per heavy atom. The SMILES string of the molecule is CC(C)(C)c1cc2c(Cc3ccccc3)c(c1)Cc1cc(C(C)(C)C)cc3c1Oc1cc4c5cc1Oc1c(cc(C(C)(C)C)cc1C3)Cc1cc(C(C)(C)C)cc(c1Cc1ccccc1)Cc1cc(C(C)(C)C)cc(c1O5)Cc1cc(C(C)(C)C)cc(c1O4)C2. The Bertz CT molecular complexity index is 3830. The second-order valence-corrected chi connectivity index (χ2v) is 33.1. The molecule has 12 bridgehead atoms. The summed E-state index contributed by atoms with van der Waals surface area (Å²) in [6.07, 6.45) is 5.39. The molecule has 0 aliphatic carbocycles. The average molecular weight is 1190 g/mol. The summed E-state index contributed by atoms with van der Waals surface area (Å²) in [5, 5.41) is 0. The van der Waals surface area contributed by atoms with Gasteiger partial charge in [-0.2, -0.15) is 0 Å². The van der Waals surface area contributed by atoms with E-state index in [-0.39, 0.29) is 32.5 Å². The monoisotopic (exact) mass is 1190 g/mol. The maximum atomic E-state index is 7.88. The van der Waals surface area contributed by atoms with Gasteiger partial charge in [0.2, 0.25) is 0 Å². The molecule has 4 nitrogen and oxygen atoms in total. The molecule has 0 spiro atoms. The number of ether oxygens (including phenoxy) is 4. The van der Waals surface area contributed by atoms with Crippen molar-refractivity contribution >= 4 is 0 Å². The summed E-state index contributed by atoms with van der Waals surface area (Å²) >= 11 is 0. The Kier molecular flexibility index (Phi) is 14.9. The summed E-state index contributed by atoms with van der Waals surface area (Å²) in [5.41, 5.74) is 26.3. The van der Waals surface area contributed by atoms with E-state index in [1.54, 1.807) is 0 Å². The quantitative estimate of drug-likeness (QED) is 0.176. The number of hydrogen-bond acceptors (Lipinski definition) is 4. The van der Waals surface area contributed by atoms with Crippen LogP contribution < -0.4 is 18.9 Å². The molecule has 0 fully saturated rings. The van der Waals surface area contributed by atoms with Crippen LogP contribution in [0.1, 0.15) is 247 Å². The van der Waals surface area contributed by atoms with Gasteiger partial charge in [-0.15, -0.1) is 0 Å². The first-order valence-electron chi connectivity index (χ1n) is 33.2. The Morgan fingerprint density at radius 3 is 0.600 bits per heavy atom. The third-order valence-electron chi connectivity index (χ3n) is 19.6. The van der Waals surface area contributed by atoms with Gasteiger partial charge in [0.05, 0.1) is 0 Å². The van der Waals surface area contributed by atoms with E-state index in [1.165, 1.54) is 77.9 Å². The lowest BCUT2D eigenvalue weighted by Crippen LogP contribution is -2.17. The van der Waals surface area contributed by atoms with Crippen molar-refractivity contribution in [3.63, 3.8) is 0 Å². The summed E-state index contributed by atoms with van der Waals surface area (Å²) in [4.78, 5) is 0. The lowest BCUT2D eigenvalue weighted by atomic mass is 9.77. The highest BCUT2D eigenvalue weighted by Gasteiger charge is 2.35. The molecular weight excluding hydrogens is 1100 g/mol. The molecule has 0 saturated heterocycles. The molecule has 4 heterocycles. The third kappa shape index (κ3) is 12.1. The van der Waals surface area contributed by atoms with E-state index in [0.717, 1.165) is 80.3 Å². The first-order chi connectivity index (χ1) is 42.3. The van der Waals surface area contributed by atoms with Crippen LogP contribution in [0.3, 0.4) is 0 Å². The van der Waals surface area contributed by atoms with Crippen molar-refractivity contribution in [2.75, 3.05) is 0 Å². The highest BCUT2D eigenvalue weighted by molar-refractivity contribution is 5.68. The van der Waals surface area contributed by atoms with Crippen molar-refractivity contribution in [2.24, 2.45) is 0 Å². The zero-order chi connectivity index (χ0) is 63.8. The normalized spacial score (nSPS) is 14.5. The van der Waals surface area contributed by atoms with Crippen LogP contribution in [0.25, 0.3) is 0 Å². The molecular formula is C86H94O4. The summed E-state index contributed by atoms with van der Waals surface area (Å²) in [5.74, 6) is 5.78. The van der Waals surface area contributed by atoms with Crippen molar-refractivity contribution < 1.29 is 18.9 Å². The fraction of sp³-hybridized carbons (Fsp3) is 0.372. The number of benzene rings is 9. The minimum atomic E-state index is -0.185. The smallest absolute Gasteiger partial charge is 0.173 e. The second kappa shape index (κ2) is 22.0. The number of fused-ring (bicyclic) bond motifs is 4. The Balaban J connectivity index is 1.23. The number of hydrogen-bond donors (Lipinski definition) is 0. The molecule has 0 N–H and O–H groups in total. The van der Waals surface area contributed by atoms with E-state index in [0.29, 0.717) is 61.5 Å². The Hall–Kier alpha value is -7.82. The second-order valence-electron chi connectivity index (χ2n) is 33.1. The molecule has 90 heavy (non-hydrogen) atoms. The molecule has 9 aromatic rings. The average Bonchev–Trinajstić information content (AvgIpc) is 1.29. The van der Waals surface area contributed by atoms with Crippen molar-refractivity contribution in [3.8, 4) is 46.0 Å². The summed E-state index contributed by atoms with van der Waals surface area (Å²) < 4.78 is 31.5. The zero-order valence-electron chi connectivity index (χ0n) is 57.1. The Labute approximate surface area is 538 Å². The molecule has 0 radical (unpaired) electrons. The van der Waals surface area contributed by atoms with Crippen LogP contribution in [0.15, 0.2) is 146 Å². The van der Waals surface area contributed by atoms with E-state index >= 15 is 0 Å². The lowest BCUT2D eigenvalue weighted by molar-refractivity contribution is 0.387. The predicted molar refractivity (Wildman–Crippen MR) is 373 cm³/mol. The largest absolute Gasteiger partial charge is 0.453 e. The highest BCUT2D eigenvalue weighted by Crippen LogP contribution is 2.55. The molecule has 13 rings (SSSR count). The molecule has 0 saturated carbocycles. The minimum Gasteiger partial charge on any atom is -0.453 e. The van der Waals surface area contributed by atoms with E-state index in [9.17, 15) is 0 Å². The van der Waals surface area contributed by atoms with Gasteiger partial charge in [-0.25, -0.2) is 0 Å².